The summed E-state index contributed by atoms with van der Waals surface area (Å²) in [5.41, 5.74) is 2.57. The molecule has 1 atom stereocenters. The lowest BCUT2D eigenvalue weighted by molar-refractivity contribution is -0.143. The molecule has 0 unspecified atom stereocenters. The average Bonchev–Trinajstić information content (AvgIpc) is 2.95. The van der Waals surface area contributed by atoms with Gasteiger partial charge in [-0.1, -0.05) is 6.07 Å². The van der Waals surface area contributed by atoms with Crippen molar-refractivity contribution in [3.63, 3.8) is 0 Å². The van der Waals surface area contributed by atoms with Gasteiger partial charge in [-0.25, -0.2) is 9.97 Å². The molecule has 4 rings (SSSR count). The fourth-order valence-corrected chi connectivity index (χ4v) is 5.46. The van der Waals surface area contributed by atoms with Crippen LogP contribution in [-0.2, 0) is 14.3 Å². The van der Waals surface area contributed by atoms with Crippen molar-refractivity contribution in [3.8, 4) is 17.3 Å². The number of pyridine rings is 2. The van der Waals surface area contributed by atoms with Crippen LogP contribution >= 0.6 is 0 Å². The Labute approximate surface area is 232 Å². The molecule has 0 aromatic carbocycles. The van der Waals surface area contributed by atoms with Crippen LogP contribution in [0.3, 0.4) is 0 Å². The SMILES string of the molecule is CCOC(=O)C[C@@H](C)N[C@H]1CC[C@H](Nc2cc(-c3cccc(NCC4(C#N)CCOCC4)n3)c(C)cn2)CC1. The Morgan fingerprint density at radius 2 is 1.95 bits per heavy atom. The van der Waals surface area contributed by atoms with E-state index >= 15 is 0 Å². The normalized spacial score (nSPS) is 21.4. The molecule has 0 bridgehead atoms. The molecule has 9 heteroatoms. The van der Waals surface area contributed by atoms with Crippen LogP contribution < -0.4 is 16.0 Å². The number of aryl methyl sites for hydroxylation is 1. The van der Waals surface area contributed by atoms with Crippen LogP contribution in [0, 0.1) is 23.7 Å². The first-order chi connectivity index (χ1) is 18.9. The van der Waals surface area contributed by atoms with Crippen LogP contribution in [0.1, 0.15) is 64.4 Å². The van der Waals surface area contributed by atoms with Gasteiger partial charge in [0.15, 0.2) is 0 Å². The summed E-state index contributed by atoms with van der Waals surface area (Å²) < 4.78 is 10.5. The van der Waals surface area contributed by atoms with Crippen LogP contribution in [0.2, 0.25) is 0 Å². The standard InChI is InChI=1S/C30H42N6O3/c1-4-39-29(37)16-22(3)34-23-8-10-24(11-9-23)35-28-17-25(21(2)18-32-28)26-6-5-7-27(36-26)33-20-30(19-31)12-14-38-15-13-30/h5-7,17-18,22-24,34H,4,8-16,20H2,1-3H3,(H,32,35)(H,33,36)/t22-,23-,24-/m1/s1. The third-order valence-corrected chi connectivity index (χ3v) is 7.80. The van der Waals surface area contributed by atoms with E-state index in [0.717, 1.165) is 67.0 Å². The molecular formula is C30H42N6O3. The van der Waals surface area contributed by atoms with Gasteiger partial charge in [0, 0.05) is 49.6 Å². The zero-order valence-corrected chi connectivity index (χ0v) is 23.5. The summed E-state index contributed by atoms with van der Waals surface area (Å²) in [6.45, 7) is 8.17. The highest BCUT2D eigenvalue weighted by Crippen LogP contribution is 2.31. The first-order valence-electron chi connectivity index (χ1n) is 14.2. The molecular weight excluding hydrogens is 492 g/mol. The quantitative estimate of drug-likeness (QED) is 0.348. The summed E-state index contributed by atoms with van der Waals surface area (Å²) in [6.07, 6.45) is 7.95. The van der Waals surface area contributed by atoms with E-state index in [9.17, 15) is 10.1 Å². The molecule has 0 spiro atoms. The fourth-order valence-electron chi connectivity index (χ4n) is 5.46. The summed E-state index contributed by atoms with van der Waals surface area (Å²) in [4.78, 5) is 21.3. The van der Waals surface area contributed by atoms with Crippen molar-refractivity contribution in [1.82, 2.24) is 15.3 Å². The third-order valence-electron chi connectivity index (χ3n) is 7.80. The van der Waals surface area contributed by atoms with Crippen molar-refractivity contribution in [2.45, 2.75) is 83.8 Å². The predicted molar refractivity (Wildman–Crippen MR) is 152 cm³/mol. The van der Waals surface area contributed by atoms with Crippen molar-refractivity contribution in [3.05, 3.63) is 36.0 Å². The zero-order valence-electron chi connectivity index (χ0n) is 23.5. The van der Waals surface area contributed by atoms with E-state index in [4.69, 9.17) is 14.5 Å². The lowest BCUT2D eigenvalue weighted by Gasteiger charge is -2.32. The second kappa shape index (κ2) is 13.7. The molecule has 39 heavy (non-hydrogen) atoms. The van der Waals surface area contributed by atoms with Gasteiger partial charge in [0.1, 0.15) is 11.6 Å². The van der Waals surface area contributed by atoms with E-state index < -0.39 is 5.41 Å². The second-order valence-electron chi connectivity index (χ2n) is 10.9. The van der Waals surface area contributed by atoms with Gasteiger partial charge in [0.05, 0.1) is 30.2 Å². The molecule has 0 radical (unpaired) electrons. The molecule has 9 nitrogen and oxygen atoms in total. The third kappa shape index (κ3) is 8.13. The number of rotatable bonds is 11. The maximum Gasteiger partial charge on any atom is 0.307 e. The number of nitriles is 1. The smallest absolute Gasteiger partial charge is 0.307 e. The number of hydrogen-bond donors (Lipinski definition) is 3. The average molecular weight is 535 g/mol. The number of esters is 1. The van der Waals surface area contributed by atoms with Crippen molar-refractivity contribution in [1.29, 1.82) is 5.26 Å². The summed E-state index contributed by atoms with van der Waals surface area (Å²) in [6, 6.07) is 11.4. The van der Waals surface area contributed by atoms with E-state index in [0.29, 0.717) is 44.9 Å². The maximum atomic E-state index is 11.7. The summed E-state index contributed by atoms with van der Waals surface area (Å²) >= 11 is 0. The Morgan fingerprint density at radius 1 is 1.21 bits per heavy atom. The topological polar surface area (TPSA) is 121 Å². The molecule has 0 amide bonds. The summed E-state index contributed by atoms with van der Waals surface area (Å²) in [5, 5.41) is 20.4. The fraction of sp³-hybridized carbons (Fsp3) is 0.600. The highest BCUT2D eigenvalue weighted by Gasteiger charge is 2.32. The zero-order chi connectivity index (χ0) is 27.7. The molecule has 3 N–H and O–H groups in total. The number of anilines is 2. The van der Waals surface area contributed by atoms with E-state index in [1.54, 1.807) is 0 Å². The van der Waals surface area contributed by atoms with Crippen LogP contribution in [0.5, 0.6) is 0 Å². The highest BCUT2D eigenvalue weighted by atomic mass is 16.5. The molecule has 1 saturated carbocycles. The molecule has 2 aliphatic rings. The van der Waals surface area contributed by atoms with Crippen LogP contribution in [0.4, 0.5) is 11.6 Å². The van der Waals surface area contributed by atoms with Crippen molar-refractivity contribution in [2.75, 3.05) is 37.0 Å². The lowest BCUT2D eigenvalue weighted by atomic mass is 9.82. The minimum Gasteiger partial charge on any atom is -0.466 e. The Hall–Kier alpha value is -3.22. The summed E-state index contributed by atoms with van der Waals surface area (Å²) in [7, 11) is 0. The number of carbonyl (C=O) groups is 1. The first kappa shape index (κ1) is 28.8. The van der Waals surface area contributed by atoms with Gasteiger partial charge in [-0.05, 0) is 83.1 Å². The molecule has 2 fully saturated rings. The van der Waals surface area contributed by atoms with Crippen molar-refractivity contribution in [2.24, 2.45) is 5.41 Å². The number of carbonyl (C=O) groups excluding carboxylic acids is 1. The molecule has 3 heterocycles. The van der Waals surface area contributed by atoms with Gasteiger partial charge in [-0.3, -0.25) is 4.79 Å². The molecule has 2 aromatic heterocycles. The molecule has 2 aromatic rings. The minimum atomic E-state index is -0.410. The van der Waals surface area contributed by atoms with Gasteiger partial charge >= 0.3 is 5.97 Å². The Balaban J connectivity index is 1.33. The van der Waals surface area contributed by atoms with Crippen LogP contribution in [0.15, 0.2) is 30.5 Å². The Bertz CT molecular complexity index is 1140. The number of nitrogens with one attached hydrogen (secondary N) is 3. The van der Waals surface area contributed by atoms with E-state index in [1.807, 2.05) is 38.2 Å². The van der Waals surface area contributed by atoms with Gasteiger partial charge < -0.3 is 25.4 Å². The molecule has 1 aliphatic heterocycles. The van der Waals surface area contributed by atoms with Gasteiger partial charge in [0.25, 0.3) is 0 Å². The van der Waals surface area contributed by atoms with Gasteiger partial charge in [-0.15, -0.1) is 0 Å². The van der Waals surface area contributed by atoms with E-state index in [1.165, 1.54) is 0 Å². The maximum absolute atomic E-state index is 11.7. The summed E-state index contributed by atoms with van der Waals surface area (Å²) in [5.74, 6) is 1.48. The predicted octanol–water partition coefficient (Wildman–Crippen LogP) is 4.84. The van der Waals surface area contributed by atoms with Gasteiger partial charge in [0.2, 0.25) is 0 Å². The first-order valence-corrected chi connectivity index (χ1v) is 14.2. The Kier molecular flexibility index (Phi) is 10.1. The molecule has 1 aliphatic carbocycles. The molecule has 210 valence electrons. The number of ether oxygens (including phenoxy) is 2. The van der Waals surface area contributed by atoms with Crippen LogP contribution in [0.25, 0.3) is 11.3 Å². The largest absolute Gasteiger partial charge is 0.466 e. The lowest BCUT2D eigenvalue weighted by Crippen LogP contribution is -2.42. The monoisotopic (exact) mass is 534 g/mol. The van der Waals surface area contributed by atoms with Crippen molar-refractivity contribution < 1.29 is 14.3 Å². The minimum absolute atomic E-state index is 0.111. The van der Waals surface area contributed by atoms with E-state index in [-0.39, 0.29) is 12.0 Å². The van der Waals surface area contributed by atoms with Crippen LogP contribution in [-0.4, -0.2) is 60.4 Å². The molecule has 1 saturated heterocycles. The number of hydrogen-bond acceptors (Lipinski definition) is 9. The number of aromatic nitrogens is 2. The van der Waals surface area contributed by atoms with Gasteiger partial charge in [-0.2, -0.15) is 5.26 Å². The Morgan fingerprint density at radius 3 is 2.67 bits per heavy atom. The van der Waals surface area contributed by atoms with E-state index in [2.05, 4.69) is 40.0 Å². The number of nitrogens with zero attached hydrogens (tertiary/aromatic N) is 3. The highest BCUT2D eigenvalue weighted by molar-refractivity contribution is 5.70. The second-order valence-corrected chi connectivity index (χ2v) is 10.9. The van der Waals surface area contributed by atoms with Crippen molar-refractivity contribution >= 4 is 17.6 Å².